The van der Waals surface area contributed by atoms with Gasteiger partial charge in [-0.3, -0.25) is 0 Å². The first-order valence-electron chi connectivity index (χ1n) is 6.22. The molecule has 0 aromatic heterocycles. The number of rotatable bonds is 5. The van der Waals surface area contributed by atoms with E-state index < -0.39 is 43.1 Å². The summed E-state index contributed by atoms with van der Waals surface area (Å²) in [6, 6.07) is 4.71. The standard InChI is InChI=1S/C14H16O6/c1-8(14(5-15,6-16)7-17)9-3-2-4-10-11(9)13(19)20-12(10)18/h2-4,8,15-17H,5-7H2,1H3. The van der Waals surface area contributed by atoms with Crippen molar-refractivity contribution < 1.29 is 29.6 Å². The van der Waals surface area contributed by atoms with Crippen molar-refractivity contribution in [3.8, 4) is 0 Å². The molecular formula is C14H16O6. The number of ether oxygens (including phenoxy) is 1. The molecule has 20 heavy (non-hydrogen) atoms. The van der Waals surface area contributed by atoms with E-state index in [1.54, 1.807) is 19.1 Å². The average molecular weight is 280 g/mol. The van der Waals surface area contributed by atoms with Gasteiger partial charge in [-0.25, -0.2) is 9.59 Å². The van der Waals surface area contributed by atoms with Crippen LogP contribution in [0.25, 0.3) is 0 Å². The van der Waals surface area contributed by atoms with Crippen LogP contribution < -0.4 is 0 Å². The molecule has 0 spiro atoms. The summed E-state index contributed by atoms with van der Waals surface area (Å²) in [4.78, 5) is 23.3. The van der Waals surface area contributed by atoms with E-state index in [4.69, 9.17) is 0 Å². The van der Waals surface area contributed by atoms with Crippen LogP contribution in [0, 0.1) is 5.41 Å². The minimum atomic E-state index is -1.18. The Hall–Kier alpha value is -1.76. The van der Waals surface area contributed by atoms with Crippen molar-refractivity contribution in [2.24, 2.45) is 5.41 Å². The number of benzene rings is 1. The maximum Gasteiger partial charge on any atom is 0.347 e. The second-order valence-electron chi connectivity index (χ2n) is 5.01. The summed E-state index contributed by atoms with van der Waals surface area (Å²) in [6.07, 6.45) is 0. The predicted octanol–water partition coefficient (Wildman–Crippen LogP) is 0.0640. The van der Waals surface area contributed by atoms with Crippen molar-refractivity contribution in [1.29, 1.82) is 0 Å². The Bertz CT molecular complexity index is 538. The van der Waals surface area contributed by atoms with Crippen LogP contribution in [-0.2, 0) is 4.74 Å². The second kappa shape index (κ2) is 5.32. The molecule has 1 unspecified atom stereocenters. The van der Waals surface area contributed by atoms with Crippen molar-refractivity contribution in [3.05, 3.63) is 34.9 Å². The van der Waals surface area contributed by atoms with E-state index in [0.717, 1.165) is 0 Å². The van der Waals surface area contributed by atoms with Crippen LogP contribution in [0.15, 0.2) is 18.2 Å². The van der Waals surface area contributed by atoms with Gasteiger partial charge in [0.25, 0.3) is 0 Å². The largest absolute Gasteiger partial charge is 0.396 e. The summed E-state index contributed by atoms with van der Waals surface area (Å²) in [6.45, 7) is 0.323. The molecule has 1 aliphatic heterocycles. The molecule has 2 rings (SSSR count). The normalized spacial score (nSPS) is 16.0. The topological polar surface area (TPSA) is 104 Å². The lowest BCUT2D eigenvalue weighted by atomic mass is 9.73. The van der Waals surface area contributed by atoms with Gasteiger partial charge in [0.15, 0.2) is 0 Å². The molecule has 1 aliphatic rings. The van der Waals surface area contributed by atoms with Crippen molar-refractivity contribution in [2.75, 3.05) is 19.8 Å². The smallest absolute Gasteiger partial charge is 0.347 e. The summed E-state index contributed by atoms with van der Waals surface area (Å²) in [7, 11) is 0. The summed E-state index contributed by atoms with van der Waals surface area (Å²) in [5.41, 5.74) is -0.400. The number of aliphatic hydroxyl groups is 3. The molecule has 1 heterocycles. The Morgan fingerprint density at radius 2 is 1.70 bits per heavy atom. The molecule has 0 saturated heterocycles. The van der Waals surface area contributed by atoms with Gasteiger partial charge in [-0.1, -0.05) is 19.1 Å². The maximum absolute atomic E-state index is 11.8. The van der Waals surface area contributed by atoms with Crippen LogP contribution in [0.5, 0.6) is 0 Å². The van der Waals surface area contributed by atoms with Gasteiger partial charge in [0.2, 0.25) is 0 Å². The molecule has 0 aliphatic carbocycles. The number of carbonyl (C=O) groups is 2. The van der Waals surface area contributed by atoms with Crippen LogP contribution in [0.3, 0.4) is 0 Å². The van der Waals surface area contributed by atoms with E-state index in [1.807, 2.05) is 0 Å². The minimum Gasteiger partial charge on any atom is -0.396 e. The molecule has 3 N–H and O–H groups in total. The molecule has 0 fully saturated rings. The Morgan fingerprint density at radius 1 is 1.10 bits per heavy atom. The van der Waals surface area contributed by atoms with E-state index in [0.29, 0.717) is 5.56 Å². The molecule has 0 bridgehead atoms. The molecule has 6 nitrogen and oxygen atoms in total. The highest BCUT2D eigenvalue weighted by Gasteiger charge is 2.40. The van der Waals surface area contributed by atoms with Gasteiger partial charge in [0.1, 0.15) is 0 Å². The third kappa shape index (κ3) is 2.02. The number of fused-ring (bicyclic) bond motifs is 1. The number of aliphatic hydroxyl groups excluding tert-OH is 3. The minimum absolute atomic E-state index is 0.143. The molecule has 1 aromatic carbocycles. The molecule has 0 amide bonds. The summed E-state index contributed by atoms with van der Waals surface area (Å²) in [5.74, 6) is -1.98. The highest BCUT2D eigenvalue weighted by molar-refractivity contribution is 6.15. The molecule has 0 saturated carbocycles. The number of hydrogen-bond acceptors (Lipinski definition) is 6. The lowest BCUT2D eigenvalue weighted by Crippen LogP contribution is -2.39. The summed E-state index contributed by atoms with van der Waals surface area (Å²) >= 11 is 0. The van der Waals surface area contributed by atoms with E-state index in [9.17, 15) is 24.9 Å². The zero-order valence-electron chi connectivity index (χ0n) is 11.0. The van der Waals surface area contributed by atoms with Crippen LogP contribution in [-0.4, -0.2) is 47.1 Å². The first-order valence-corrected chi connectivity index (χ1v) is 6.22. The first-order chi connectivity index (χ1) is 9.50. The Balaban J connectivity index is 2.55. The predicted molar refractivity (Wildman–Crippen MR) is 68.3 cm³/mol. The lowest BCUT2D eigenvalue weighted by molar-refractivity contribution is -0.0114. The van der Waals surface area contributed by atoms with Crippen molar-refractivity contribution >= 4 is 11.9 Å². The Labute approximate surface area is 115 Å². The molecule has 6 heteroatoms. The zero-order chi connectivity index (χ0) is 14.9. The van der Waals surface area contributed by atoms with Gasteiger partial charge in [-0.05, 0) is 17.5 Å². The van der Waals surface area contributed by atoms with Crippen LogP contribution >= 0.6 is 0 Å². The molecule has 0 radical (unpaired) electrons. The van der Waals surface area contributed by atoms with Gasteiger partial charge in [0, 0.05) is 5.41 Å². The summed E-state index contributed by atoms with van der Waals surface area (Å²) < 4.78 is 4.57. The van der Waals surface area contributed by atoms with Crippen LogP contribution in [0.1, 0.15) is 39.1 Å². The zero-order valence-corrected chi connectivity index (χ0v) is 11.0. The Kier molecular flexibility index (Phi) is 3.89. The van der Waals surface area contributed by atoms with Gasteiger partial charge in [-0.2, -0.15) is 0 Å². The molecule has 1 atom stereocenters. The molecule has 108 valence electrons. The molecule has 1 aromatic rings. The van der Waals surface area contributed by atoms with E-state index in [1.165, 1.54) is 6.07 Å². The Morgan fingerprint density at radius 3 is 2.25 bits per heavy atom. The SMILES string of the molecule is CC(c1cccc2c1C(=O)OC2=O)C(CO)(CO)CO. The van der Waals surface area contributed by atoms with Crippen LogP contribution in [0.2, 0.25) is 0 Å². The van der Waals surface area contributed by atoms with Crippen molar-refractivity contribution in [3.63, 3.8) is 0 Å². The number of hydrogen-bond donors (Lipinski definition) is 3. The number of esters is 2. The highest BCUT2D eigenvalue weighted by Crippen LogP contribution is 2.39. The van der Waals surface area contributed by atoms with Gasteiger partial charge >= 0.3 is 11.9 Å². The first kappa shape index (κ1) is 14.6. The fraction of sp³-hybridized carbons (Fsp3) is 0.429. The monoisotopic (exact) mass is 280 g/mol. The third-order valence-corrected chi connectivity index (χ3v) is 4.04. The molecular weight excluding hydrogens is 264 g/mol. The van der Waals surface area contributed by atoms with Crippen LogP contribution in [0.4, 0.5) is 0 Å². The van der Waals surface area contributed by atoms with E-state index >= 15 is 0 Å². The maximum atomic E-state index is 11.8. The van der Waals surface area contributed by atoms with Crippen molar-refractivity contribution in [2.45, 2.75) is 12.8 Å². The number of cyclic esters (lactones) is 2. The fourth-order valence-electron chi connectivity index (χ4n) is 2.41. The van der Waals surface area contributed by atoms with E-state index in [-0.39, 0.29) is 11.1 Å². The quantitative estimate of drug-likeness (QED) is 0.520. The summed E-state index contributed by atoms with van der Waals surface area (Å²) in [5, 5.41) is 28.4. The van der Waals surface area contributed by atoms with Gasteiger partial charge in [-0.15, -0.1) is 0 Å². The average Bonchev–Trinajstić information content (AvgIpc) is 2.76. The van der Waals surface area contributed by atoms with E-state index in [2.05, 4.69) is 4.74 Å². The number of carbonyl (C=O) groups excluding carboxylic acids is 2. The van der Waals surface area contributed by atoms with Gasteiger partial charge in [0.05, 0.1) is 30.9 Å². The highest BCUT2D eigenvalue weighted by atomic mass is 16.6. The van der Waals surface area contributed by atoms with Crippen molar-refractivity contribution in [1.82, 2.24) is 0 Å². The van der Waals surface area contributed by atoms with Gasteiger partial charge < -0.3 is 20.1 Å². The lowest BCUT2D eigenvalue weighted by Gasteiger charge is -2.34. The second-order valence-corrected chi connectivity index (χ2v) is 5.01. The fourth-order valence-corrected chi connectivity index (χ4v) is 2.41. The third-order valence-electron chi connectivity index (χ3n) is 4.04.